The van der Waals surface area contributed by atoms with Crippen LogP contribution in [0, 0.1) is 6.92 Å². The van der Waals surface area contributed by atoms with Gasteiger partial charge >= 0.3 is 5.69 Å². The number of aromatic amines is 2. The second-order valence-corrected chi connectivity index (χ2v) is 6.92. The van der Waals surface area contributed by atoms with Gasteiger partial charge in [0.05, 0.1) is 0 Å². The molecule has 0 spiro atoms. The Balaban J connectivity index is 2.39. The smallest absolute Gasteiger partial charge is 0.313 e. The number of anilines is 1. The summed E-state index contributed by atoms with van der Waals surface area (Å²) in [6.45, 7) is 5.98. The third kappa shape index (κ3) is 3.28. The fourth-order valence-electron chi connectivity index (χ4n) is 2.19. The second-order valence-electron chi connectivity index (χ2n) is 5.27. The number of benzene rings is 1. The summed E-state index contributed by atoms with van der Waals surface area (Å²) in [6, 6.07) is 5.18. The van der Waals surface area contributed by atoms with E-state index in [-0.39, 0.29) is 0 Å². The molecule has 2 aromatic rings. The lowest BCUT2D eigenvalue weighted by Crippen LogP contribution is -2.29. The summed E-state index contributed by atoms with van der Waals surface area (Å²) in [6.07, 6.45) is 0.874. The molecule has 7 nitrogen and oxygen atoms in total. The van der Waals surface area contributed by atoms with E-state index in [2.05, 4.69) is 9.71 Å². The number of hydrogen-bond acceptors (Lipinski definition) is 4. The second kappa shape index (κ2) is 5.80. The van der Waals surface area contributed by atoms with Crippen LogP contribution < -0.4 is 16.0 Å². The van der Waals surface area contributed by atoms with Crippen molar-refractivity contribution in [2.45, 2.75) is 31.6 Å². The minimum Gasteiger partial charge on any atom is -0.313 e. The van der Waals surface area contributed by atoms with E-state index in [9.17, 15) is 18.0 Å². The highest BCUT2D eigenvalue weighted by molar-refractivity contribution is 7.92. The van der Waals surface area contributed by atoms with E-state index in [0.717, 1.165) is 17.3 Å². The Bertz CT molecular complexity index is 910. The lowest BCUT2D eigenvalue weighted by molar-refractivity contribution is 0.599. The van der Waals surface area contributed by atoms with Crippen molar-refractivity contribution in [1.29, 1.82) is 0 Å². The van der Waals surface area contributed by atoms with Gasteiger partial charge in [-0.3, -0.25) is 14.5 Å². The van der Waals surface area contributed by atoms with Gasteiger partial charge in [-0.1, -0.05) is 19.9 Å². The van der Waals surface area contributed by atoms with Gasteiger partial charge in [0.1, 0.15) is 0 Å². The zero-order chi connectivity index (χ0) is 16.5. The average molecular weight is 323 g/mol. The van der Waals surface area contributed by atoms with Crippen LogP contribution in [0.5, 0.6) is 0 Å². The molecule has 0 aliphatic rings. The number of sulfonamides is 1. The van der Waals surface area contributed by atoms with Gasteiger partial charge in [0, 0.05) is 11.9 Å². The van der Waals surface area contributed by atoms with Gasteiger partial charge in [-0.05, 0) is 36.1 Å². The van der Waals surface area contributed by atoms with E-state index < -0.39 is 26.2 Å². The third-order valence-corrected chi connectivity index (χ3v) is 4.61. The molecule has 0 unspecified atom stereocenters. The quantitative estimate of drug-likeness (QED) is 0.787. The normalized spacial score (nSPS) is 11.6. The first-order valence-corrected chi connectivity index (χ1v) is 8.14. The summed E-state index contributed by atoms with van der Waals surface area (Å²) >= 11 is 0. The molecule has 2 rings (SSSR count). The standard InChI is InChI=1S/C14H17N3O4S/c1-8(2)11-5-4-10(6-9(11)3)17-22(20,21)12-7-15-14(19)16-13(12)18/h4-8,17H,1-3H3,(H2,15,16,18,19). The molecule has 1 aromatic heterocycles. The molecule has 0 amide bonds. The Hall–Kier alpha value is -2.35. The topological polar surface area (TPSA) is 112 Å². The molecule has 118 valence electrons. The number of H-pyrrole nitrogens is 2. The number of rotatable bonds is 4. The fraction of sp³-hybridized carbons (Fsp3) is 0.286. The van der Waals surface area contributed by atoms with Crippen molar-refractivity contribution in [3.05, 3.63) is 56.4 Å². The van der Waals surface area contributed by atoms with Gasteiger partial charge in [-0.2, -0.15) is 0 Å². The van der Waals surface area contributed by atoms with Crippen LogP contribution in [0.2, 0.25) is 0 Å². The first-order chi connectivity index (χ1) is 10.2. The zero-order valence-corrected chi connectivity index (χ0v) is 13.2. The average Bonchev–Trinajstić information content (AvgIpc) is 2.37. The molecule has 3 N–H and O–H groups in total. The molecule has 1 heterocycles. The van der Waals surface area contributed by atoms with E-state index in [1.807, 2.05) is 31.8 Å². The van der Waals surface area contributed by atoms with Gasteiger partial charge < -0.3 is 4.98 Å². The van der Waals surface area contributed by atoms with Gasteiger partial charge in [0.2, 0.25) is 0 Å². The summed E-state index contributed by atoms with van der Waals surface area (Å²) in [7, 11) is -4.07. The first kappa shape index (κ1) is 16.0. The van der Waals surface area contributed by atoms with Crippen LogP contribution in [-0.2, 0) is 10.0 Å². The van der Waals surface area contributed by atoms with Crippen LogP contribution in [0.25, 0.3) is 0 Å². The van der Waals surface area contributed by atoms with Crippen molar-refractivity contribution >= 4 is 15.7 Å². The van der Waals surface area contributed by atoms with Crippen molar-refractivity contribution in [1.82, 2.24) is 9.97 Å². The minimum atomic E-state index is -4.07. The molecule has 0 saturated heterocycles. The van der Waals surface area contributed by atoms with Crippen molar-refractivity contribution < 1.29 is 8.42 Å². The lowest BCUT2D eigenvalue weighted by atomic mass is 9.98. The summed E-state index contributed by atoms with van der Waals surface area (Å²) < 4.78 is 26.8. The predicted octanol–water partition coefficient (Wildman–Crippen LogP) is 1.30. The largest absolute Gasteiger partial charge is 0.325 e. The van der Waals surface area contributed by atoms with Crippen LogP contribution in [0.1, 0.15) is 30.9 Å². The highest BCUT2D eigenvalue weighted by atomic mass is 32.2. The molecular formula is C14H17N3O4S. The molecule has 0 aliphatic heterocycles. The Morgan fingerprint density at radius 2 is 1.86 bits per heavy atom. The molecule has 0 radical (unpaired) electrons. The third-order valence-electron chi connectivity index (χ3n) is 3.22. The van der Waals surface area contributed by atoms with Crippen molar-refractivity contribution in [3.63, 3.8) is 0 Å². The van der Waals surface area contributed by atoms with Gasteiger partial charge in [-0.25, -0.2) is 13.2 Å². The van der Waals surface area contributed by atoms with Crippen LogP contribution in [0.3, 0.4) is 0 Å². The van der Waals surface area contributed by atoms with Crippen LogP contribution in [0.15, 0.2) is 38.9 Å². The Morgan fingerprint density at radius 3 is 2.41 bits per heavy atom. The predicted molar refractivity (Wildman–Crippen MR) is 83.8 cm³/mol. The van der Waals surface area contributed by atoms with Crippen LogP contribution in [-0.4, -0.2) is 18.4 Å². The maximum absolute atomic E-state index is 12.2. The molecule has 0 atom stereocenters. The Kier molecular flexibility index (Phi) is 4.23. The molecular weight excluding hydrogens is 306 g/mol. The molecule has 0 fully saturated rings. The number of nitrogens with one attached hydrogen (secondary N) is 3. The SMILES string of the molecule is Cc1cc(NS(=O)(=O)c2c[nH]c(=O)[nH]c2=O)ccc1C(C)C. The zero-order valence-electron chi connectivity index (χ0n) is 12.4. The monoisotopic (exact) mass is 323 g/mol. The summed E-state index contributed by atoms with van der Waals surface area (Å²) in [5.41, 5.74) is 0.691. The van der Waals surface area contributed by atoms with E-state index in [1.165, 1.54) is 0 Å². The van der Waals surface area contributed by atoms with E-state index in [1.54, 1.807) is 12.1 Å². The van der Waals surface area contributed by atoms with E-state index in [0.29, 0.717) is 11.6 Å². The maximum atomic E-state index is 12.2. The molecule has 0 aliphatic carbocycles. The van der Waals surface area contributed by atoms with Crippen molar-refractivity contribution in [2.24, 2.45) is 0 Å². The number of hydrogen-bond donors (Lipinski definition) is 3. The van der Waals surface area contributed by atoms with Crippen LogP contribution >= 0.6 is 0 Å². The first-order valence-electron chi connectivity index (χ1n) is 6.66. The van der Waals surface area contributed by atoms with Crippen molar-refractivity contribution in [3.8, 4) is 0 Å². The molecule has 0 bridgehead atoms. The van der Waals surface area contributed by atoms with Crippen LogP contribution in [0.4, 0.5) is 5.69 Å². The van der Waals surface area contributed by atoms with Gasteiger partial charge in [0.15, 0.2) is 4.90 Å². The summed E-state index contributed by atoms with van der Waals surface area (Å²) in [4.78, 5) is 26.0. The van der Waals surface area contributed by atoms with Crippen molar-refractivity contribution in [2.75, 3.05) is 4.72 Å². The Morgan fingerprint density at radius 1 is 1.18 bits per heavy atom. The maximum Gasteiger partial charge on any atom is 0.325 e. The summed E-state index contributed by atoms with van der Waals surface area (Å²) in [5.74, 6) is 0.327. The molecule has 22 heavy (non-hydrogen) atoms. The minimum absolute atomic E-state index is 0.327. The Labute approximate surface area is 127 Å². The lowest BCUT2D eigenvalue weighted by Gasteiger charge is -2.12. The van der Waals surface area contributed by atoms with E-state index >= 15 is 0 Å². The van der Waals surface area contributed by atoms with E-state index in [4.69, 9.17) is 0 Å². The number of aromatic nitrogens is 2. The number of aryl methyl sites for hydroxylation is 1. The van der Waals surface area contributed by atoms with Gasteiger partial charge in [-0.15, -0.1) is 0 Å². The fourth-order valence-corrected chi connectivity index (χ4v) is 3.25. The van der Waals surface area contributed by atoms with Gasteiger partial charge in [0.25, 0.3) is 15.6 Å². The molecule has 0 saturated carbocycles. The highest BCUT2D eigenvalue weighted by Gasteiger charge is 2.19. The molecule has 8 heteroatoms. The highest BCUT2D eigenvalue weighted by Crippen LogP contribution is 2.23. The summed E-state index contributed by atoms with van der Waals surface area (Å²) in [5, 5.41) is 0. The molecule has 1 aromatic carbocycles.